The average molecular weight is 1090 g/mol. The molecule has 11 N–H and O–H groups in total. The zero-order valence-electron chi connectivity index (χ0n) is 41.1. The second-order valence-corrected chi connectivity index (χ2v) is 22.8. The van der Waals surface area contributed by atoms with Crippen molar-refractivity contribution >= 4 is 74.3 Å². The molecule has 6 aromatic rings. The number of aryl methyl sites for hydroxylation is 4. The van der Waals surface area contributed by atoms with Gasteiger partial charge in [0.1, 0.15) is 47.7 Å². The number of benzene rings is 4. The van der Waals surface area contributed by atoms with Crippen LogP contribution >= 0.6 is 0 Å². The Morgan fingerprint density at radius 3 is 1.35 bits per heavy atom. The Morgan fingerprint density at radius 1 is 0.662 bits per heavy atom. The van der Waals surface area contributed by atoms with Crippen LogP contribution in [0.2, 0.25) is 0 Å². The van der Waals surface area contributed by atoms with Gasteiger partial charge in [-0.05, 0) is 87.1 Å². The Labute approximate surface area is 418 Å². The molecule has 71 heavy (non-hydrogen) atoms. The highest BCUT2D eigenvalue weighted by atomic mass is 32.2. The molecule has 4 aromatic carbocycles. The number of aliphatic hydroxyl groups is 2. The number of hydrogen-bond donors (Lipinski definition) is 9. The third-order valence-electron chi connectivity index (χ3n) is 9.63. The zero-order valence-corrected chi connectivity index (χ0v) is 42.2. The van der Waals surface area contributed by atoms with E-state index >= 15 is 0 Å². The largest absolute Gasteiger partial charge is 0.480 e. The van der Waals surface area contributed by atoms with E-state index in [1.807, 2.05) is 27.7 Å². The quantitative estimate of drug-likeness (QED) is 0.0665. The third kappa shape index (κ3) is 19.2. The number of rotatable bonds is 11. The van der Waals surface area contributed by atoms with Crippen LogP contribution in [0.15, 0.2) is 129 Å². The summed E-state index contributed by atoms with van der Waals surface area (Å²) in [5.74, 6) is -1.15. The Bertz CT molecular complexity index is 2970. The van der Waals surface area contributed by atoms with E-state index in [1.165, 1.54) is 65.8 Å². The molecule has 0 saturated carbocycles. The summed E-state index contributed by atoms with van der Waals surface area (Å²) >= 11 is 0. The number of carboxylic acids is 1. The van der Waals surface area contributed by atoms with Gasteiger partial charge in [-0.2, -0.15) is 33.7 Å². The maximum absolute atomic E-state index is 10.9. The topological polar surface area (TPSA) is 400 Å². The standard InChI is InChI=1S/C15H22N6O5S.4C7H8O3S/c1-27(3-2-7(16)15(24)25)4-8-10(22)11(23)14(26-8)21-6-20-9-12(17)18-5-19-13(9)21;4*1-6-2-4-7(5-3-6)11(8,9)10/h5-8,10-11,14,22-23H,2-4,16H2,1H3,(H2-,17,18,19,24,25);4*2-5H,1H3,(H,8,9,10)/p+1/t7-,8+,10+,11+,14+,27?;;;;/m0..../s1/i1D3;;;;. The number of imidazole rings is 1. The molecule has 0 bridgehead atoms. The van der Waals surface area contributed by atoms with Crippen LogP contribution in [-0.2, 0) is 60.9 Å². The predicted molar refractivity (Wildman–Crippen MR) is 263 cm³/mol. The third-order valence-corrected chi connectivity index (χ3v) is 14.6. The van der Waals surface area contributed by atoms with Gasteiger partial charge in [-0.1, -0.05) is 70.8 Å². The molecule has 0 amide bonds. The molecule has 28 heteroatoms. The fourth-order valence-corrected chi connectivity index (χ4v) is 8.97. The number of nitrogen functional groups attached to an aromatic ring is 1. The number of aliphatic hydroxyl groups excluding tert-OH is 2. The average Bonchev–Trinajstić information content (AvgIpc) is 3.84. The van der Waals surface area contributed by atoms with Gasteiger partial charge in [0.25, 0.3) is 40.5 Å². The van der Waals surface area contributed by atoms with Crippen LogP contribution in [0.1, 0.15) is 39.0 Å². The molecule has 7 rings (SSSR count). The van der Waals surface area contributed by atoms with Crippen molar-refractivity contribution in [1.29, 1.82) is 0 Å². The van der Waals surface area contributed by atoms with Crippen LogP contribution < -0.4 is 11.5 Å². The van der Waals surface area contributed by atoms with Crippen LogP contribution in [0.25, 0.3) is 11.2 Å². The highest BCUT2D eigenvalue weighted by Crippen LogP contribution is 2.33. The van der Waals surface area contributed by atoms with E-state index in [9.17, 15) is 48.7 Å². The molecule has 1 saturated heterocycles. The number of fused-ring (bicyclic) bond motifs is 1. The SMILES string of the molecule is Cc1ccc(S(=O)(=O)O)cc1.Cc1ccc(S(=O)(=O)O)cc1.Cc1ccc(S(=O)(=O)O)cc1.Cc1ccc(S(=O)(=O)O)cc1.[2H]C([2H])([2H])[S+](CC[C@H](N)C(=O)O)C[C@H]1O[C@@H](n2cnc3c(N)ncnc32)[C@H](O)[C@@H]1O. The van der Waals surface area contributed by atoms with Crippen LogP contribution in [0.3, 0.4) is 0 Å². The summed E-state index contributed by atoms with van der Waals surface area (Å²) in [6.07, 6.45) is -4.65. The Hall–Kier alpha value is -5.47. The van der Waals surface area contributed by atoms with E-state index in [-0.39, 0.29) is 43.3 Å². The minimum absolute atomic E-state index is 0.0229. The summed E-state index contributed by atoms with van der Waals surface area (Å²) in [7, 11) is -17.4. The minimum Gasteiger partial charge on any atom is -0.480 e. The number of carbonyl (C=O) groups is 1. The van der Waals surface area contributed by atoms with Crippen molar-refractivity contribution in [1.82, 2.24) is 19.5 Å². The van der Waals surface area contributed by atoms with Crippen molar-refractivity contribution in [3.63, 3.8) is 0 Å². The molecule has 0 radical (unpaired) electrons. The van der Waals surface area contributed by atoms with Gasteiger partial charge in [0.15, 0.2) is 17.7 Å². The van der Waals surface area contributed by atoms with Crippen molar-refractivity contribution in [3.8, 4) is 0 Å². The van der Waals surface area contributed by atoms with Crippen LogP contribution in [-0.4, -0.2) is 135 Å². The van der Waals surface area contributed by atoms with Crippen molar-refractivity contribution < 1.29 is 80.8 Å². The number of ether oxygens (including phenoxy) is 1. The molecule has 3 heterocycles. The first-order valence-corrected chi connectivity index (χ1v) is 27.6. The number of hydrogen-bond acceptors (Lipinski definition) is 17. The first-order chi connectivity index (χ1) is 34.0. The number of nitrogens with two attached hydrogens (primary N) is 2. The van der Waals surface area contributed by atoms with Gasteiger partial charge in [0.2, 0.25) is 0 Å². The van der Waals surface area contributed by atoms with Gasteiger partial charge < -0.3 is 31.5 Å². The minimum atomic E-state index is -4.02. The number of anilines is 1. The van der Waals surface area contributed by atoms with Crippen molar-refractivity contribution in [2.75, 3.05) is 23.4 Å². The van der Waals surface area contributed by atoms with Crippen LogP contribution in [0.5, 0.6) is 0 Å². The van der Waals surface area contributed by atoms with Crippen molar-refractivity contribution in [3.05, 3.63) is 132 Å². The number of aromatic nitrogens is 4. The van der Waals surface area contributed by atoms with Crippen LogP contribution in [0.4, 0.5) is 5.82 Å². The zero-order chi connectivity index (χ0) is 56.1. The van der Waals surface area contributed by atoms with E-state index in [0.29, 0.717) is 11.2 Å². The molecular weight excluding hydrogens is 1030 g/mol. The van der Waals surface area contributed by atoms with Crippen molar-refractivity contribution in [2.45, 2.75) is 84.3 Å². The summed E-state index contributed by atoms with van der Waals surface area (Å²) in [5.41, 5.74) is 15.7. The molecule has 0 aliphatic carbocycles. The first kappa shape index (κ1) is 54.9. The van der Waals surface area contributed by atoms with Gasteiger partial charge in [-0.25, -0.2) is 15.0 Å². The van der Waals surface area contributed by atoms with E-state index in [1.54, 1.807) is 48.5 Å². The monoisotopic (exact) mass is 1090 g/mol. The van der Waals surface area contributed by atoms with E-state index in [0.717, 1.165) is 22.3 Å². The lowest BCUT2D eigenvalue weighted by molar-refractivity contribution is -0.138. The Kier molecular flexibility index (Phi) is 19.9. The maximum Gasteiger partial charge on any atom is 0.320 e. The highest BCUT2D eigenvalue weighted by Gasteiger charge is 2.46. The van der Waals surface area contributed by atoms with Gasteiger partial charge in [-0.3, -0.25) is 27.6 Å². The first-order valence-electron chi connectivity index (χ1n) is 21.8. The van der Waals surface area contributed by atoms with Gasteiger partial charge in [-0.15, -0.1) is 0 Å². The fourth-order valence-electron chi connectivity index (χ4n) is 5.67. The number of aliphatic carboxylic acids is 1. The summed E-state index contributed by atoms with van der Waals surface area (Å²) < 4.78 is 149. The number of carboxylic acid groups (broad SMARTS) is 1. The molecule has 1 unspecified atom stereocenters. The normalized spacial score (nSPS) is 18.4. The molecule has 1 aliphatic heterocycles. The van der Waals surface area contributed by atoms with E-state index < -0.39 is 94.1 Å². The molecule has 1 fully saturated rings. The van der Waals surface area contributed by atoms with Gasteiger partial charge in [0, 0.05) is 6.42 Å². The smallest absolute Gasteiger partial charge is 0.320 e. The Balaban J connectivity index is 0.000000271. The summed E-state index contributed by atoms with van der Waals surface area (Å²) in [6, 6.07) is 22.8. The maximum atomic E-state index is 10.9. The van der Waals surface area contributed by atoms with Gasteiger partial charge >= 0.3 is 5.97 Å². The van der Waals surface area contributed by atoms with Gasteiger partial charge in [0.05, 0.1) is 36.2 Å². The highest BCUT2D eigenvalue weighted by molar-refractivity contribution is 7.96. The van der Waals surface area contributed by atoms with Crippen LogP contribution in [0, 0.1) is 27.7 Å². The second-order valence-electron chi connectivity index (χ2n) is 15.4. The summed E-state index contributed by atoms with van der Waals surface area (Å²) in [5, 5.41) is 29.9. The molecule has 1 aliphatic rings. The Morgan fingerprint density at radius 2 is 1.03 bits per heavy atom. The van der Waals surface area contributed by atoms with E-state index in [4.69, 9.17) is 43.6 Å². The van der Waals surface area contributed by atoms with Crippen molar-refractivity contribution in [2.24, 2.45) is 5.73 Å². The lowest BCUT2D eigenvalue weighted by Crippen LogP contribution is -2.37. The summed E-state index contributed by atoms with van der Waals surface area (Å²) in [4.78, 5) is 22.7. The number of nitrogens with zero attached hydrogens (tertiary/aromatic N) is 4. The molecule has 2 aromatic heterocycles. The molecule has 388 valence electrons. The molecule has 6 atom stereocenters. The molecule has 0 spiro atoms. The molecule has 23 nitrogen and oxygen atoms in total. The lowest BCUT2D eigenvalue weighted by Gasteiger charge is -2.16. The predicted octanol–water partition coefficient (Wildman–Crippen LogP) is 3.04. The fraction of sp³-hybridized carbons (Fsp3) is 0.302. The van der Waals surface area contributed by atoms with E-state index in [2.05, 4.69) is 15.0 Å². The lowest BCUT2D eigenvalue weighted by atomic mass is 10.1. The molecular formula is C43H55N6O17S5+. The second kappa shape index (κ2) is 25.8. The summed E-state index contributed by atoms with van der Waals surface area (Å²) in [6.45, 7) is 7.36.